The SMILES string of the molecule is C=CC(=O)N(Cc1ccc(OC)cc1)Cc1ccc2c(c1)CCC(=O)N2C. The minimum absolute atomic E-state index is 0.115. The number of benzene rings is 2. The van der Waals surface area contributed by atoms with Gasteiger partial charge in [0.15, 0.2) is 0 Å². The highest BCUT2D eigenvalue weighted by molar-refractivity contribution is 5.95. The summed E-state index contributed by atoms with van der Waals surface area (Å²) < 4.78 is 5.18. The lowest BCUT2D eigenvalue weighted by atomic mass is 9.99. The van der Waals surface area contributed by atoms with Crippen LogP contribution < -0.4 is 9.64 Å². The van der Waals surface area contributed by atoms with Gasteiger partial charge in [-0.25, -0.2) is 0 Å². The first-order valence-electron chi connectivity index (χ1n) is 8.94. The van der Waals surface area contributed by atoms with Crippen LogP contribution in [-0.4, -0.2) is 30.9 Å². The van der Waals surface area contributed by atoms with Crippen LogP contribution in [0.1, 0.15) is 23.1 Å². The fraction of sp³-hybridized carbons (Fsp3) is 0.273. The molecule has 0 radical (unpaired) electrons. The number of hydrogen-bond acceptors (Lipinski definition) is 3. The summed E-state index contributed by atoms with van der Waals surface area (Å²) in [5.41, 5.74) is 4.16. The molecule has 0 aliphatic carbocycles. The van der Waals surface area contributed by atoms with Crippen LogP contribution in [0.15, 0.2) is 55.1 Å². The fourth-order valence-electron chi connectivity index (χ4n) is 3.32. The zero-order valence-corrected chi connectivity index (χ0v) is 15.8. The van der Waals surface area contributed by atoms with Gasteiger partial charge in [0, 0.05) is 32.2 Å². The van der Waals surface area contributed by atoms with E-state index in [0.717, 1.165) is 34.5 Å². The molecular weight excluding hydrogens is 340 g/mol. The van der Waals surface area contributed by atoms with E-state index in [0.29, 0.717) is 19.5 Å². The number of methoxy groups -OCH3 is 1. The lowest BCUT2D eigenvalue weighted by molar-refractivity contribution is -0.127. The van der Waals surface area contributed by atoms with E-state index in [1.54, 1.807) is 24.0 Å². The van der Waals surface area contributed by atoms with Crippen molar-refractivity contribution >= 4 is 17.5 Å². The van der Waals surface area contributed by atoms with Gasteiger partial charge >= 0.3 is 0 Å². The van der Waals surface area contributed by atoms with E-state index in [9.17, 15) is 9.59 Å². The summed E-state index contributed by atoms with van der Waals surface area (Å²) in [6.45, 7) is 4.60. The topological polar surface area (TPSA) is 49.9 Å². The van der Waals surface area contributed by atoms with Crippen LogP contribution in [0.3, 0.4) is 0 Å². The Bertz CT molecular complexity index is 858. The summed E-state index contributed by atoms with van der Waals surface area (Å²) in [4.78, 5) is 27.7. The van der Waals surface area contributed by atoms with E-state index in [-0.39, 0.29) is 11.8 Å². The van der Waals surface area contributed by atoms with E-state index < -0.39 is 0 Å². The Balaban J connectivity index is 1.79. The highest BCUT2D eigenvalue weighted by atomic mass is 16.5. The first kappa shape index (κ1) is 18.7. The molecule has 5 nitrogen and oxygen atoms in total. The van der Waals surface area contributed by atoms with Crippen LogP contribution in [0.2, 0.25) is 0 Å². The number of rotatable bonds is 6. The van der Waals surface area contributed by atoms with Gasteiger partial charge in [-0.1, -0.05) is 30.8 Å². The maximum Gasteiger partial charge on any atom is 0.246 e. The summed E-state index contributed by atoms with van der Waals surface area (Å²) >= 11 is 0. The van der Waals surface area contributed by atoms with E-state index in [1.807, 2.05) is 36.4 Å². The van der Waals surface area contributed by atoms with Crippen molar-refractivity contribution < 1.29 is 14.3 Å². The summed E-state index contributed by atoms with van der Waals surface area (Å²) in [7, 11) is 3.43. The van der Waals surface area contributed by atoms with Crippen molar-refractivity contribution in [2.75, 3.05) is 19.1 Å². The predicted octanol–water partition coefficient (Wildman–Crippen LogP) is 3.32. The van der Waals surface area contributed by atoms with Crippen molar-refractivity contribution in [3.05, 3.63) is 71.8 Å². The molecule has 0 N–H and O–H groups in total. The second-order valence-corrected chi connectivity index (χ2v) is 6.66. The Morgan fingerprint density at radius 2 is 1.81 bits per heavy atom. The second-order valence-electron chi connectivity index (χ2n) is 6.66. The van der Waals surface area contributed by atoms with Crippen molar-refractivity contribution in [3.63, 3.8) is 0 Å². The number of carbonyl (C=O) groups excluding carboxylic acids is 2. The number of aryl methyl sites for hydroxylation is 1. The minimum atomic E-state index is -0.115. The molecule has 140 valence electrons. The van der Waals surface area contributed by atoms with Crippen molar-refractivity contribution in [2.45, 2.75) is 25.9 Å². The van der Waals surface area contributed by atoms with Crippen molar-refractivity contribution in [1.29, 1.82) is 0 Å². The summed E-state index contributed by atoms with van der Waals surface area (Å²) in [6.07, 6.45) is 2.60. The van der Waals surface area contributed by atoms with Gasteiger partial charge in [0.2, 0.25) is 11.8 Å². The number of nitrogens with zero attached hydrogens (tertiary/aromatic N) is 2. The number of fused-ring (bicyclic) bond motifs is 1. The lowest BCUT2D eigenvalue weighted by Crippen LogP contribution is -2.31. The monoisotopic (exact) mass is 364 g/mol. The third-order valence-corrected chi connectivity index (χ3v) is 4.88. The Kier molecular flexibility index (Phi) is 5.60. The number of hydrogen-bond donors (Lipinski definition) is 0. The first-order valence-corrected chi connectivity index (χ1v) is 8.94. The second kappa shape index (κ2) is 8.08. The molecule has 2 aromatic carbocycles. The maximum atomic E-state index is 12.4. The van der Waals surface area contributed by atoms with Crippen molar-refractivity contribution in [2.24, 2.45) is 0 Å². The van der Waals surface area contributed by atoms with Gasteiger partial charge in [-0.2, -0.15) is 0 Å². The molecule has 27 heavy (non-hydrogen) atoms. The van der Waals surface area contributed by atoms with Crippen LogP contribution in [0.25, 0.3) is 0 Å². The van der Waals surface area contributed by atoms with E-state index >= 15 is 0 Å². The average molecular weight is 364 g/mol. The normalized spacial score (nSPS) is 13.1. The minimum Gasteiger partial charge on any atom is -0.497 e. The number of amides is 2. The molecule has 1 heterocycles. The molecule has 1 aliphatic rings. The smallest absolute Gasteiger partial charge is 0.246 e. The summed E-state index contributed by atoms with van der Waals surface area (Å²) in [5.74, 6) is 0.808. The van der Waals surface area contributed by atoms with Gasteiger partial charge in [0.25, 0.3) is 0 Å². The molecule has 0 fully saturated rings. The molecule has 0 unspecified atom stereocenters. The first-order chi connectivity index (χ1) is 13.0. The molecule has 0 bridgehead atoms. The maximum absolute atomic E-state index is 12.4. The Morgan fingerprint density at radius 3 is 2.48 bits per heavy atom. The van der Waals surface area contributed by atoms with Crippen LogP contribution >= 0.6 is 0 Å². The van der Waals surface area contributed by atoms with Crippen molar-refractivity contribution in [3.8, 4) is 5.75 Å². The molecule has 0 spiro atoms. The van der Waals surface area contributed by atoms with Gasteiger partial charge < -0.3 is 14.5 Å². The van der Waals surface area contributed by atoms with Crippen LogP contribution in [-0.2, 0) is 29.1 Å². The molecule has 1 aliphatic heterocycles. The zero-order valence-electron chi connectivity index (χ0n) is 15.8. The molecule has 5 heteroatoms. The molecular formula is C22H24N2O3. The Morgan fingerprint density at radius 1 is 1.15 bits per heavy atom. The lowest BCUT2D eigenvalue weighted by Gasteiger charge is -2.27. The van der Waals surface area contributed by atoms with Gasteiger partial charge in [-0.3, -0.25) is 9.59 Å². The molecule has 0 saturated carbocycles. The highest BCUT2D eigenvalue weighted by Gasteiger charge is 2.21. The van der Waals surface area contributed by atoms with E-state index in [2.05, 4.69) is 12.6 Å². The van der Waals surface area contributed by atoms with Gasteiger partial charge in [-0.15, -0.1) is 0 Å². The number of ether oxygens (including phenoxy) is 1. The molecule has 0 aromatic heterocycles. The average Bonchev–Trinajstić information content (AvgIpc) is 2.70. The molecule has 2 aromatic rings. The molecule has 0 atom stereocenters. The van der Waals surface area contributed by atoms with E-state index in [4.69, 9.17) is 4.74 Å². The van der Waals surface area contributed by atoms with Gasteiger partial charge in [-0.05, 0) is 47.4 Å². The van der Waals surface area contributed by atoms with E-state index in [1.165, 1.54) is 6.08 Å². The quantitative estimate of drug-likeness (QED) is 0.739. The molecule has 3 rings (SSSR count). The van der Waals surface area contributed by atoms with Gasteiger partial charge in [0.1, 0.15) is 5.75 Å². The summed E-state index contributed by atoms with van der Waals surface area (Å²) in [5, 5.41) is 0. The molecule has 0 saturated heterocycles. The standard InChI is InChI=1S/C22H24N2O3/c1-4-21(25)24(14-16-5-9-19(27-3)10-6-16)15-17-7-11-20-18(13-17)8-12-22(26)23(20)2/h4-7,9-11,13H,1,8,12,14-15H2,2-3H3. The van der Waals surface area contributed by atoms with Gasteiger partial charge in [0.05, 0.1) is 7.11 Å². The predicted molar refractivity (Wildman–Crippen MR) is 106 cm³/mol. The van der Waals surface area contributed by atoms with Crippen LogP contribution in [0, 0.1) is 0 Å². The summed E-state index contributed by atoms with van der Waals surface area (Å²) in [6, 6.07) is 13.7. The molecule has 2 amide bonds. The highest BCUT2D eigenvalue weighted by Crippen LogP contribution is 2.28. The number of carbonyl (C=O) groups is 2. The van der Waals surface area contributed by atoms with Crippen LogP contribution in [0.4, 0.5) is 5.69 Å². The third-order valence-electron chi connectivity index (χ3n) is 4.88. The fourth-order valence-corrected chi connectivity index (χ4v) is 3.32. The third kappa shape index (κ3) is 4.19. The number of anilines is 1. The Labute approximate surface area is 159 Å². The Hall–Kier alpha value is -3.08. The zero-order chi connectivity index (χ0) is 19.4. The largest absolute Gasteiger partial charge is 0.497 e. The van der Waals surface area contributed by atoms with Crippen molar-refractivity contribution in [1.82, 2.24) is 4.90 Å². The van der Waals surface area contributed by atoms with Crippen LogP contribution in [0.5, 0.6) is 5.75 Å².